The van der Waals surface area contributed by atoms with Crippen molar-refractivity contribution >= 4 is 21.8 Å². The summed E-state index contributed by atoms with van der Waals surface area (Å²) in [6, 6.07) is 6.13. The molecule has 5 heteroatoms. The van der Waals surface area contributed by atoms with E-state index in [1.54, 1.807) is 6.92 Å². The van der Waals surface area contributed by atoms with Crippen LogP contribution in [0, 0.1) is 0 Å². The number of carbonyl (C=O) groups excluding carboxylic acids is 1. The van der Waals surface area contributed by atoms with Crippen LogP contribution in [-0.2, 0) is 11.2 Å². The first-order chi connectivity index (χ1) is 9.83. The Labute approximate surface area is 135 Å². The molecule has 1 amide bonds. The molecule has 0 aliphatic carbocycles. The van der Waals surface area contributed by atoms with Gasteiger partial charge in [-0.25, -0.2) is 0 Å². The molecular formula is C16H25BrN2O2. The SMILES string of the molecule is CCC(N)Cc1ccc(OC(C)C(=O)NC(C)C)c(Br)c1. The molecule has 0 aromatic heterocycles. The predicted molar refractivity (Wildman–Crippen MR) is 89.5 cm³/mol. The van der Waals surface area contributed by atoms with Crippen LogP contribution in [0.15, 0.2) is 22.7 Å². The average molecular weight is 357 g/mol. The molecule has 0 bridgehead atoms. The van der Waals surface area contributed by atoms with Gasteiger partial charge in [0.05, 0.1) is 4.47 Å². The van der Waals surface area contributed by atoms with Gasteiger partial charge in [-0.1, -0.05) is 13.0 Å². The Bertz CT molecular complexity index is 477. The molecular weight excluding hydrogens is 332 g/mol. The molecule has 118 valence electrons. The molecule has 0 fully saturated rings. The number of hydrogen-bond acceptors (Lipinski definition) is 3. The molecule has 1 rings (SSSR count). The quantitative estimate of drug-likeness (QED) is 0.789. The summed E-state index contributed by atoms with van der Waals surface area (Å²) in [5.74, 6) is 0.546. The van der Waals surface area contributed by atoms with Crippen molar-refractivity contribution in [3.05, 3.63) is 28.2 Å². The predicted octanol–water partition coefficient (Wildman–Crippen LogP) is 3.02. The van der Waals surface area contributed by atoms with Crippen molar-refractivity contribution in [2.75, 3.05) is 0 Å². The Hall–Kier alpha value is -1.07. The first-order valence-electron chi connectivity index (χ1n) is 7.34. The second-order valence-electron chi connectivity index (χ2n) is 5.56. The summed E-state index contributed by atoms with van der Waals surface area (Å²) in [4.78, 5) is 11.9. The lowest BCUT2D eigenvalue weighted by molar-refractivity contribution is -0.127. The van der Waals surface area contributed by atoms with Crippen LogP contribution in [0.5, 0.6) is 5.75 Å². The molecule has 0 saturated heterocycles. The molecule has 0 radical (unpaired) electrons. The van der Waals surface area contributed by atoms with E-state index in [1.807, 2.05) is 32.0 Å². The number of nitrogens with two attached hydrogens (primary N) is 1. The number of nitrogens with one attached hydrogen (secondary N) is 1. The van der Waals surface area contributed by atoms with E-state index in [2.05, 4.69) is 28.2 Å². The number of halogens is 1. The smallest absolute Gasteiger partial charge is 0.260 e. The van der Waals surface area contributed by atoms with Gasteiger partial charge < -0.3 is 15.8 Å². The largest absolute Gasteiger partial charge is 0.480 e. The zero-order chi connectivity index (χ0) is 16.0. The molecule has 21 heavy (non-hydrogen) atoms. The van der Waals surface area contributed by atoms with Gasteiger partial charge in [0.1, 0.15) is 5.75 Å². The van der Waals surface area contributed by atoms with Gasteiger partial charge in [-0.3, -0.25) is 4.79 Å². The highest BCUT2D eigenvalue weighted by Crippen LogP contribution is 2.27. The van der Waals surface area contributed by atoms with Crippen molar-refractivity contribution in [2.45, 2.75) is 58.7 Å². The lowest BCUT2D eigenvalue weighted by atomic mass is 10.0. The fourth-order valence-corrected chi connectivity index (χ4v) is 2.38. The van der Waals surface area contributed by atoms with Crippen LogP contribution < -0.4 is 15.8 Å². The standard InChI is InChI=1S/C16H25BrN2O2/c1-5-13(18)8-12-6-7-15(14(17)9-12)21-11(4)16(20)19-10(2)3/h6-7,9-11,13H,5,8,18H2,1-4H3,(H,19,20). The third-order valence-electron chi connectivity index (χ3n) is 3.12. The van der Waals surface area contributed by atoms with Crippen molar-refractivity contribution in [2.24, 2.45) is 5.73 Å². The lowest BCUT2D eigenvalue weighted by Gasteiger charge is -2.18. The monoisotopic (exact) mass is 356 g/mol. The number of hydrogen-bond donors (Lipinski definition) is 2. The minimum Gasteiger partial charge on any atom is -0.480 e. The summed E-state index contributed by atoms with van der Waals surface area (Å²) >= 11 is 3.49. The Kier molecular flexibility index (Phi) is 7.18. The molecule has 4 nitrogen and oxygen atoms in total. The molecule has 0 aliphatic rings. The van der Waals surface area contributed by atoms with Crippen molar-refractivity contribution in [3.8, 4) is 5.75 Å². The topological polar surface area (TPSA) is 64.3 Å². The Morgan fingerprint density at radius 2 is 2.05 bits per heavy atom. The maximum atomic E-state index is 11.9. The van der Waals surface area contributed by atoms with E-state index < -0.39 is 6.10 Å². The summed E-state index contributed by atoms with van der Waals surface area (Å²) in [6.07, 6.45) is 1.24. The van der Waals surface area contributed by atoms with Crippen LogP contribution in [0.1, 0.15) is 39.7 Å². The zero-order valence-electron chi connectivity index (χ0n) is 13.2. The fraction of sp³-hybridized carbons (Fsp3) is 0.562. The maximum absolute atomic E-state index is 11.9. The molecule has 0 saturated carbocycles. The normalized spacial score (nSPS) is 13.9. The summed E-state index contributed by atoms with van der Waals surface area (Å²) < 4.78 is 6.54. The third kappa shape index (κ3) is 6.06. The van der Waals surface area contributed by atoms with Crippen molar-refractivity contribution in [3.63, 3.8) is 0 Å². The summed E-state index contributed by atoms with van der Waals surface area (Å²) in [5.41, 5.74) is 7.12. The minimum atomic E-state index is -0.535. The molecule has 3 N–H and O–H groups in total. The first-order valence-corrected chi connectivity index (χ1v) is 8.13. The van der Waals surface area contributed by atoms with E-state index in [-0.39, 0.29) is 18.0 Å². The van der Waals surface area contributed by atoms with Gasteiger partial charge in [-0.05, 0) is 67.2 Å². The number of carbonyl (C=O) groups is 1. The highest BCUT2D eigenvalue weighted by Gasteiger charge is 2.16. The summed E-state index contributed by atoms with van der Waals surface area (Å²) in [5, 5.41) is 2.83. The molecule has 1 aromatic carbocycles. The zero-order valence-corrected chi connectivity index (χ0v) is 14.7. The second kappa shape index (κ2) is 8.39. The summed E-state index contributed by atoms with van der Waals surface area (Å²) in [7, 11) is 0. The summed E-state index contributed by atoms with van der Waals surface area (Å²) in [6.45, 7) is 7.66. The maximum Gasteiger partial charge on any atom is 0.260 e. The molecule has 1 aromatic rings. The van der Waals surface area contributed by atoms with E-state index in [4.69, 9.17) is 10.5 Å². The van der Waals surface area contributed by atoms with Crippen LogP contribution in [-0.4, -0.2) is 24.1 Å². The molecule has 0 aliphatic heterocycles. The number of rotatable bonds is 7. The van der Waals surface area contributed by atoms with Gasteiger partial charge in [0.25, 0.3) is 5.91 Å². The Morgan fingerprint density at radius 3 is 2.57 bits per heavy atom. The van der Waals surface area contributed by atoms with E-state index in [1.165, 1.54) is 0 Å². The highest BCUT2D eigenvalue weighted by molar-refractivity contribution is 9.10. The van der Waals surface area contributed by atoms with E-state index in [0.29, 0.717) is 5.75 Å². The van der Waals surface area contributed by atoms with E-state index >= 15 is 0 Å². The van der Waals surface area contributed by atoms with Gasteiger partial charge in [0.15, 0.2) is 6.10 Å². The minimum absolute atomic E-state index is 0.102. The van der Waals surface area contributed by atoms with Crippen molar-refractivity contribution in [1.82, 2.24) is 5.32 Å². The van der Waals surface area contributed by atoms with Crippen LogP contribution in [0.4, 0.5) is 0 Å². The lowest BCUT2D eigenvalue weighted by Crippen LogP contribution is -2.40. The number of amides is 1. The van der Waals surface area contributed by atoms with Gasteiger partial charge in [-0.15, -0.1) is 0 Å². The van der Waals surface area contributed by atoms with Crippen LogP contribution in [0.25, 0.3) is 0 Å². The number of ether oxygens (including phenoxy) is 1. The van der Waals surface area contributed by atoms with Gasteiger partial charge >= 0.3 is 0 Å². The van der Waals surface area contributed by atoms with Crippen LogP contribution in [0.3, 0.4) is 0 Å². The Morgan fingerprint density at radius 1 is 1.38 bits per heavy atom. The molecule has 0 heterocycles. The molecule has 2 atom stereocenters. The number of benzene rings is 1. The third-order valence-corrected chi connectivity index (χ3v) is 3.74. The van der Waals surface area contributed by atoms with Crippen LogP contribution >= 0.6 is 15.9 Å². The van der Waals surface area contributed by atoms with Crippen LogP contribution in [0.2, 0.25) is 0 Å². The fourth-order valence-electron chi connectivity index (χ4n) is 1.86. The Balaban J connectivity index is 2.70. The van der Waals surface area contributed by atoms with Gasteiger partial charge in [0, 0.05) is 12.1 Å². The van der Waals surface area contributed by atoms with Gasteiger partial charge in [-0.2, -0.15) is 0 Å². The van der Waals surface area contributed by atoms with E-state index in [0.717, 1.165) is 22.9 Å². The van der Waals surface area contributed by atoms with E-state index in [9.17, 15) is 4.79 Å². The molecule has 0 spiro atoms. The van der Waals surface area contributed by atoms with Crippen molar-refractivity contribution < 1.29 is 9.53 Å². The highest BCUT2D eigenvalue weighted by atomic mass is 79.9. The van der Waals surface area contributed by atoms with Gasteiger partial charge in [0.2, 0.25) is 0 Å². The van der Waals surface area contributed by atoms with Crippen molar-refractivity contribution in [1.29, 1.82) is 0 Å². The first kappa shape index (κ1) is 18.0. The average Bonchev–Trinajstić information content (AvgIpc) is 2.40. The molecule has 2 unspecified atom stereocenters. The second-order valence-corrected chi connectivity index (χ2v) is 6.41.